The third-order valence-electron chi connectivity index (χ3n) is 3.02. The van der Waals surface area contributed by atoms with Crippen LogP contribution in [-0.4, -0.2) is 14.5 Å². The van der Waals surface area contributed by atoms with Gasteiger partial charge in [-0.05, 0) is 37.1 Å². The number of sulfonamides is 1. The minimum absolute atomic E-state index is 0.0775. The second-order valence-corrected chi connectivity index (χ2v) is 6.61. The molecule has 0 aliphatic heterocycles. The van der Waals surface area contributed by atoms with E-state index in [-0.39, 0.29) is 16.6 Å². The number of nitrogen functional groups attached to an aromatic ring is 1. The summed E-state index contributed by atoms with van der Waals surface area (Å²) in [5.74, 6) is -0.742. The molecule has 2 rings (SSSR count). The Bertz CT molecular complexity index is 718. The minimum atomic E-state index is -3.76. The van der Waals surface area contributed by atoms with Crippen LogP contribution in [0.1, 0.15) is 12.5 Å². The van der Waals surface area contributed by atoms with Gasteiger partial charge in [-0.15, -0.1) is 0 Å². The summed E-state index contributed by atoms with van der Waals surface area (Å²) in [6.07, 6.45) is 0.553. The zero-order valence-electron chi connectivity index (χ0n) is 11.6. The van der Waals surface area contributed by atoms with E-state index in [1.54, 1.807) is 6.92 Å². The summed E-state index contributed by atoms with van der Waals surface area (Å²) in [7, 11) is -3.76. The summed E-state index contributed by atoms with van der Waals surface area (Å²) in [6.45, 7) is 1.76. The minimum Gasteiger partial charge on any atom is -0.396 e. The third-order valence-corrected chi connectivity index (χ3v) is 4.61. The predicted molar refractivity (Wildman–Crippen MR) is 80.7 cm³/mol. The van der Waals surface area contributed by atoms with Gasteiger partial charge in [-0.3, -0.25) is 0 Å². The van der Waals surface area contributed by atoms with Gasteiger partial charge in [0.05, 0.1) is 10.6 Å². The first-order valence-electron chi connectivity index (χ1n) is 6.50. The molecule has 0 spiro atoms. The molecule has 2 aromatic carbocycles. The molecule has 21 heavy (non-hydrogen) atoms. The summed E-state index contributed by atoms with van der Waals surface area (Å²) in [5, 5.41) is 0. The lowest BCUT2D eigenvalue weighted by molar-refractivity contribution is 0.557. The zero-order chi connectivity index (χ0) is 15.5. The van der Waals surface area contributed by atoms with Gasteiger partial charge in [0, 0.05) is 6.04 Å². The van der Waals surface area contributed by atoms with E-state index in [4.69, 9.17) is 5.73 Å². The Morgan fingerprint density at radius 2 is 1.86 bits per heavy atom. The van der Waals surface area contributed by atoms with E-state index in [0.717, 1.165) is 11.6 Å². The number of nitrogens with one attached hydrogen (secondary N) is 1. The van der Waals surface area contributed by atoms with Crippen molar-refractivity contribution < 1.29 is 12.8 Å². The van der Waals surface area contributed by atoms with Crippen molar-refractivity contribution in [3.05, 3.63) is 59.9 Å². The van der Waals surface area contributed by atoms with E-state index >= 15 is 0 Å². The summed E-state index contributed by atoms with van der Waals surface area (Å²) in [6, 6.07) is 12.7. The summed E-state index contributed by atoms with van der Waals surface area (Å²) in [4.78, 5) is -0.130. The first-order valence-corrected chi connectivity index (χ1v) is 7.98. The van der Waals surface area contributed by atoms with E-state index in [2.05, 4.69) is 4.72 Å². The normalized spacial score (nSPS) is 13.0. The number of hydrogen-bond acceptors (Lipinski definition) is 3. The largest absolute Gasteiger partial charge is 0.396 e. The van der Waals surface area contributed by atoms with Crippen molar-refractivity contribution in [1.29, 1.82) is 0 Å². The molecule has 0 radical (unpaired) electrons. The molecular weight excluding hydrogens is 291 g/mol. The summed E-state index contributed by atoms with van der Waals surface area (Å²) < 4.78 is 40.3. The van der Waals surface area contributed by atoms with E-state index < -0.39 is 15.8 Å². The van der Waals surface area contributed by atoms with Crippen molar-refractivity contribution in [3.8, 4) is 0 Å². The molecule has 6 heteroatoms. The van der Waals surface area contributed by atoms with Gasteiger partial charge in [-0.25, -0.2) is 17.5 Å². The van der Waals surface area contributed by atoms with E-state index in [0.29, 0.717) is 6.42 Å². The van der Waals surface area contributed by atoms with E-state index in [9.17, 15) is 12.8 Å². The number of rotatable bonds is 5. The van der Waals surface area contributed by atoms with Gasteiger partial charge in [0.2, 0.25) is 10.0 Å². The van der Waals surface area contributed by atoms with Crippen LogP contribution in [0.3, 0.4) is 0 Å². The van der Waals surface area contributed by atoms with Crippen molar-refractivity contribution in [2.75, 3.05) is 5.73 Å². The maximum absolute atomic E-state index is 13.4. The fourth-order valence-electron chi connectivity index (χ4n) is 2.02. The molecule has 0 heterocycles. The van der Waals surface area contributed by atoms with Gasteiger partial charge >= 0.3 is 0 Å². The first-order chi connectivity index (χ1) is 9.88. The molecule has 2 aromatic rings. The van der Waals surface area contributed by atoms with Gasteiger partial charge in [-0.2, -0.15) is 0 Å². The lowest BCUT2D eigenvalue weighted by Gasteiger charge is -2.14. The molecule has 1 unspecified atom stereocenters. The van der Waals surface area contributed by atoms with Crippen LogP contribution in [0.2, 0.25) is 0 Å². The molecule has 3 N–H and O–H groups in total. The highest BCUT2D eigenvalue weighted by atomic mass is 32.2. The topological polar surface area (TPSA) is 72.2 Å². The van der Waals surface area contributed by atoms with Crippen molar-refractivity contribution in [2.45, 2.75) is 24.3 Å². The fourth-order valence-corrected chi connectivity index (χ4v) is 3.27. The Kier molecular flexibility index (Phi) is 4.59. The third kappa shape index (κ3) is 4.03. The van der Waals surface area contributed by atoms with Crippen LogP contribution in [0.15, 0.2) is 53.4 Å². The highest BCUT2D eigenvalue weighted by Gasteiger charge is 2.18. The van der Waals surface area contributed by atoms with Gasteiger partial charge in [0.15, 0.2) is 0 Å². The zero-order valence-corrected chi connectivity index (χ0v) is 12.4. The van der Waals surface area contributed by atoms with Crippen molar-refractivity contribution in [1.82, 2.24) is 4.72 Å². The molecule has 4 nitrogen and oxygen atoms in total. The van der Waals surface area contributed by atoms with Crippen LogP contribution in [0, 0.1) is 5.82 Å². The molecule has 0 amide bonds. The smallest absolute Gasteiger partial charge is 0.240 e. The van der Waals surface area contributed by atoms with Crippen LogP contribution < -0.4 is 10.5 Å². The molecule has 0 bridgehead atoms. The molecule has 0 saturated carbocycles. The number of halogens is 1. The van der Waals surface area contributed by atoms with Crippen molar-refractivity contribution in [3.63, 3.8) is 0 Å². The molecular formula is C15H17FN2O2S. The number of hydrogen-bond donors (Lipinski definition) is 2. The standard InChI is InChI=1S/C15H17FN2O2S/c1-11(9-12-5-3-2-4-6-12)18-21(19,20)13-7-8-15(17)14(16)10-13/h2-8,10-11,18H,9,17H2,1H3. The number of anilines is 1. The molecule has 0 saturated heterocycles. The first kappa shape index (κ1) is 15.5. The maximum atomic E-state index is 13.4. The monoisotopic (exact) mass is 308 g/mol. The lowest BCUT2D eigenvalue weighted by atomic mass is 10.1. The number of nitrogens with two attached hydrogens (primary N) is 1. The van der Waals surface area contributed by atoms with Crippen LogP contribution >= 0.6 is 0 Å². The average Bonchev–Trinajstić information content (AvgIpc) is 2.42. The highest BCUT2D eigenvalue weighted by molar-refractivity contribution is 7.89. The molecule has 0 aliphatic carbocycles. The Labute approximate surface area is 123 Å². The maximum Gasteiger partial charge on any atom is 0.240 e. The summed E-state index contributed by atoms with van der Waals surface area (Å²) in [5.41, 5.74) is 6.29. The molecule has 1 atom stereocenters. The molecule has 112 valence electrons. The average molecular weight is 308 g/mol. The van der Waals surface area contributed by atoms with Gasteiger partial charge in [0.1, 0.15) is 5.82 Å². The number of benzene rings is 2. The Hall–Kier alpha value is -1.92. The van der Waals surface area contributed by atoms with Crippen LogP contribution in [-0.2, 0) is 16.4 Å². The van der Waals surface area contributed by atoms with Crippen LogP contribution in [0.25, 0.3) is 0 Å². The quantitative estimate of drug-likeness (QED) is 0.833. The van der Waals surface area contributed by atoms with Gasteiger partial charge in [-0.1, -0.05) is 30.3 Å². The Morgan fingerprint density at radius 1 is 1.19 bits per heavy atom. The molecule has 0 fully saturated rings. The van der Waals surface area contributed by atoms with Gasteiger partial charge < -0.3 is 5.73 Å². The van der Waals surface area contributed by atoms with Crippen LogP contribution in [0.5, 0.6) is 0 Å². The molecule has 0 aromatic heterocycles. The second-order valence-electron chi connectivity index (χ2n) is 4.90. The second kappa shape index (κ2) is 6.24. The van der Waals surface area contributed by atoms with Gasteiger partial charge in [0.25, 0.3) is 0 Å². The SMILES string of the molecule is CC(Cc1ccccc1)NS(=O)(=O)c1ccc(N)c(F)c1. The van der Waals surface area contributed by atoms with Crippen molar-refractivity contribution in [2.24, 2.45) is 0 Å². The van der Waals surface area contributed by atoms with Crippen LogP contribution in [0.4, 0.5) is 10.1 Å². The lowest BCUT2D eigenvalue weighted by Crippen LogP contribution is -2.34. The molecule has 0 aliphatic rings. The Balaban J connectivity index is 2.11. The van der Waals surface area contributed by atoms with E-state index in [1.165, 1.54) is 12.1 Å². The predicted octanol–water partition coefficient (Wildman–Crippen LogP) is 2.32. The van der Waals surface area contributed by atoms with Crippen molar-refractivity contribution >= 4 is 15.7 Å². The highest BCUT2D eigenvalue weighted by Crippen LogP contribution is 2.16. The Morgan fingerprint density at radius 3 is 2.48 bits per heavy atom. The fraction of sp³-hybridized carbons (Fsp3) is 0.200. The summed E-state index contributed by atoms with van der Waals surface area (Å²) >= 11 is 0. The van der Waals surface area contributed by atoms with E-state index in [1.807, 2.05) is 30.3 Å².